The lowest BCUT2D eigenvalue weighted by Gasteiger charge is -2.53. The lowest BCUT2D eigenvalue weighted by Crippen LogP contribution is -2.63. The van der Waals surface area contributed by atoms with Crippen LogP contribution in [0.5, 0.6) is 0 Å². The van der Waals surface area contributed by atoms with Crippen LogP contribution in [-0.4, -0.2) is 77.4 Å². The van der Waals surface area contributed by atoms with Crippen LogP contribution in [0, 0.1) is 23.2 Å². The van der Waals surface area contributed by atoms with E-state index in [2.05, 4.69) is 5.32 Å². The zero-order valence-corrected chi connectivity index (χ0v) is 24.0. The summed E-state index contributed by atoms with van der Waals surface area (Å²) in [4.78, 5) is 26.4. The number of rotatable bonds is 5. The van der Waals surface area contributed by atoms with E-state index in [0.29, 0.717) is 25.2 Å². The average molecular weight is 549 g/mol. The van der Waals surface area contributed by atoms with Crippen LogP contribution in [0.15, 0.2) is 0 Å². The largest absolute Gasteiger partial charge is 0.457 e. The van der Waals surface area contributed by atoms with Gasteiger partial charge in [0, 0.05) is 18.8 Å². The van der Waals surface area contributed by atoms with Gasteiger partial charge < -0.3 is 35.1 Å². The van der Waals surface area contributed by atoms with Gasteiger partial charge in [0.2, 0.25) is 0 Å². The number of hydrogen-bond donors (Lipinski definition) is 3. The molecule has 2 aliphatic carbocycles. The highest BCUT2D eigenvalue weighted by molar-refractivity contribution is 5.84. The maximum Gasteiger partial charge on any atom is 0.341 e. The molecule has 0 amide bonds. The predicted molar refractivity (Wildman–Crippen MR) is 143 cm³/mol. The number of fused-ring (bicyclic) bond motifs is 2. The molecule has 4 heterocycles. The zero-order chi connectivity index (χ0) is 27.7. The van der Waals surface area contributed by atoms with Crippen LogP contribution in [0.4, 0.5) is 0 Å². The number of epoxide rings is 1. The van der Waals surface area contributed by atoms with E-state index in [1.54, 1.807) is 0 Å². The van der Waals surface area contributed by atoms with Crippen molar-refractivity contribution in [1.82, 2.24) is 5.32 Å². The second-order valence-electron chi connectivity index (χ2n) is 14.2. The number of carbonyl (C=O) groups excluding carboxylic acids is 2. The minimum Gasteiger partial charge on any atom is -0.457 e. The van der Waals surface area contributed by atoms with Crippen molar-refractivity contribution >= 4 is 11.8 Å². The SMILES string of the molecule is CC1CC(=O)C2C(CC3OC(C)(C)[C@H](OC(=O)[C@]4(C)O[C@@H]4CC4(C5CCNC(N)C5)CCCC4)CC3C2O)O1. The summed E-state index contributed by atoms with van der Waals surface area (Å²) >= 11 is 0. The van der Waals surface area contributed by atoms with E-state index in [-0.39, 0.29) is 53.7 Å². The van der Waals surface area contributed by atoms with E-state index in [1.165, 1.54) is 25.7 Å². The Hall–Kier alpha value is -1.10. The number of hydrogen-bond acceptors (Lipinski definition) is 9. The van der Waals surface area contributed by atoms with Gasteiger partial charge in [-0.25, -0.2) is 4.79 Å². The van der Waals surface area contributed by atoms with Gasteiger partial charge in [0.05, 0.1) is 48.2 Å². The van der Waals surface area contributed by atoms with Crippen molar-refractivity contribution in [3.8, 4) is 0 Å². The van der Waals surface area contributed by atoms with Crippen molar-refractivity contribution in [3.63, 3.8) is 0 Å². The Bertz CT molecular complexity index is 967. The third kappa shape index (κ3) is 4.99. The summed E-state index contributed by atoms with van der Waals surface area (Å²) in [7, 11) is 0. The molecule has 6 fully saturated rings. The molecule has 0 aromatic heterocycles. The monoisotopic (exact) mass is 548 g/mol. The molecular formula is C30H48N2O7. The molecule has 0 radical (unpaired) electrons. The number of aliphatic hydroxyl groups excluding tert-OH is 1. The van der Waals surface area contributed by atoms with Crippen molar-refractivity contribution < 1.29 is 33.6 Å². The molecular weight excluding hydrogens is 500 g/mol. The van der Waals surface area contributed by atoms with Crippen LogP contribution in [0.3, 0.4) is 0 Å². The van der Waals surface area contributed by atoms with E-state index in [1.807, 2.05) is 27.7 Å². The summed E-state index contributed by atoms with van der Waals surface area (Å²) in [5.74, 6) is -0.567. The Labute approximate surface area is 232 Å². The Kier molecular flexibility index (Phi) is 7.20. The molecule has 4 N–H and O–H groups in total. The fraction of sp³-hybridized carbons (Fsp3) is 0.933. The molecule has 2 saturated carbocycles. The third-order valence-electron chi connectivity index (χ3n) is 11.2. The fourth-order valence-electron chi connectivity index (χ4n) is 8.83. The molecule has 8 unspecified atom stereocenters. The van der Waals surface area contributed by atoms with E-state index >= 15 is 0 Å². The number of aliphatic hydroxyl groups is 1. The summed E-state index contributed by atoms with van der Waals surface area (Å²) in [5, 5.41) is 14.6. The first-order valence-corrected chi connectivity index (χ1v) is 15.3. The molecule has 39 heavy (non-hydrogen) atoms. The summed E-state index contributed by atoms with van der Waals surface area (Å²) in [6.45, 7) is 8.58. The van der Waals surface area contributed by atoms with Gasteiger partial charge in [-0.05, 0) is 84.1 Å². The molecule has 220 valence electrons. The van der Waals surface area contributed by atoms with Crippen molar-refractivity contribution in [3.05, 3.63) is 0 Å². The highest BCUT2D eigenvalue weighted by atomic mass is 16.7. The van der Waals surface area contributed by atoms with Crippen molar-refractivity contribution in [2.45, 2.75) is 146 Å². The molecule has 0 aromatic carbocycles. The molecule has 0 spiro atoms. The van der Waals surface area contributed by atoms with E-state index in [9.17, 15) is 14.7 Å². The minimum absolute atomic E-state index is 0.0411. The molecule has 4 aliphatic heterocycles. The number of Topliss-reactive ketones (excluding diaryl/α,β-unsaturated/α-hetero) is 1. The van der Waals surface area contributed by atoms with Crippen molar-refractivity contribution in [1.29, 1.82) is 0 Å². The van der Waals surface area contributed by atoms with E-state index in [0.717, 1.165) is 25.8 Å². The number of ketones is 1. The summed E-state index contributed by atoms with van der Waals surface area (Å²) < 4.78 is 24.8. The van der Waals surface area contributed by atoms with Crippen LogP contribution in [0.25, 0.3) is 0 Å². The van der Waals surface area contributed by atoms with Gasteiger partial charge >= 0.3 is 5.97 Å². The smallest absolute Gasteiger partial charge is 0.341 e. The molecule has 9 heteroatoms. The predicted octanol–water partition coefficient (Wildman–Crippen LogP) is 2.60. The van der Waals surface area contributed by atoms with Crippen LogP contribution < -0.4 is 11.1 Å². The van der Waals surface area contributed by atoms with E-state index in [4.69, 9.17) is 24.7 Å². The normalized spacial score (nSPS) is 48.6. The lowest BCUT2D eigenvalue weighted by atomic mass is 9.66. The Morgan fingerprint density at radius 2 is 1.87 bits per heavy atom. The number of esters is 1. The van der Waals surface area contributed by atoms with Gasteiger partial charge in [0.25, 0.3) is 0 Å². The molecule has 6 rings (SSSR count). The van der Waals surface area contributed by atoms with Gasteiger partial charge in [-0.2, -0.15) is 0 Å². The van der Waals surface area contributed by atoms with Crippen LogP contribution in [0.1, 0.15) is 91.9 Å². The first-order valence-electron chi connectivity index (χ1n) is 15.3. The highest BCUT2D eigenvalue weighted by Gasteiger charge is 2.64. The Balaban J connectivity index is 1.11. The highest BCUT2D eigenvalue weighted by Crippen LogP contribution is 2.56. The first-order chi connectivity index (χ1) is 18.4. The summed E-state index contributed by atoms with van der Waals surface area (Å²) in [5.41, 5.74) is 4.75. The first kappa shape index (κ1) is 28.0. The zero-order valence-electron chi connectivity index (χ0n) is 24.0. The van der Waals surface area contributed by atoms with Gasteiger partial charge in [0.15, 0.2) is 5.60 Å². The van der Waals surface area contributed by atoms with Crippen molar-refractivity contribution in [2.75, 3.05) is 6.54 Å². The quantitative estimate of drug-likeness (QED) is 0.350. The fourth-order valence-corrected chi connectivity index (χ4v) is 8.83. The minimum atomic E-state index is -0.961. The van der Waals surface area contributed by atoms with Crippen LogP contribution in [-0.2, 0) is 28.5 Å². The Morgan fingerprint density at radius 3 is 2.59 bits per heavy atom. The third-order valence-corrected chi connectivity index (χ3v) is 11.2. The molecule has 11 atom stereocenters. The van der Waals surface area contributed by atoms with Gasteiger partial charge in [0.1, 0.15) is 11.9 Å². The standard InChI is InChI=1S/C30H48N2O7/c1-16-11-19(33)25-21(36-16)14-20-18(26(25)34)13-22(28(2,3)38-20)37-27(35)29(4)23(39-29)15-30(8-5-6-9-30)17-7-10-32-24(31)12-17/h16-18,20-26,32,34H,5-15,31H2,1-4H3/t16?,17?,18?,20?,21?,22-,23-,24?,25?,26?,29-/m1/s1. The summed E-state index contributed by atoms with van der Waals surface area (Å²) in [6.07, 6.45) is 6.84. The number of nitrogens with one attached hydrogen (secondary N) is 1. The molecule has 4 saturated heterocycles. The number of nitrogens with two attached hydrogens (primary N) is 1. The van der Waals surface area contributed by atoms with E-state index < -0.39 is 29.3 Å². The lowest BCUT2D eigenvalue weighted by molar-refractivity contribution is -0.257. The number of ether oxygens (including phenoxy) is 4. The van der Waals surface area contributed by atoms with Crippen molar-refractivity contribution in [2.24, 2.45) is 28.9 Å². The maximum absolute atomic E-state index is 13.6. The molecule has 0 aromatic rings. The second-order valence-corrected chi connectivity index (χ2v) is 14.2. The van der Waals surface area contributed by atoms with Gasteiger partial charge in [-0.15, -0.1) is 0 Å². The summed E-state index contributed by atoms with van der Waals surface area (Å²) in [6, 6.07) is 0. The van der Waals surface area contributed by atoms with Gasteiger partial charge in [-0.3, -0.25) is 4.79 Å². The molecule has 0 bridgehead atoms. The van der Waals surface area contributed by atoms with Gasteiger partial charge in [-0.1, -0.05) is 12.8 Å². The van der Waals surface area contributed by atoms with Crippen LogP contribution in [0.2, 0.25) is 0 Å². The average Bonchev–Trinajstić information content (AvgIpc) is 3.27. The molecule has 6 aliphatic rings. The number of piperidine rings is 1. The van der Waals surface area contributed by atoms with Crippen LogP contribution >= 0.6 is 0 Å². The topological polar surface area (TPSA) is 133 Å². The number of carbonyl (C=O) groups is 2. The second kappa shape index (κ2) is 10.0. The Morgan fingerprint density at radius 1 is 1.13 bits per heavy atom. The maximum atomic E-state index is 13.6. The molecule has 9 nitrogen and oxygen atoms in total.